The summed E-state index contributed by atoms with van der Waals surface area (Å²) in [6.07, 6.45) is 3.78. The predicted molar refractivity (Wildman–Crippen MR) is 89.9 cm³/mol. The molecule has 0 spiro atoms. The largest absolute Gasteiger partial charge is 0.394 e. The first-order valence-corrected chi connectivity index (χ1v) is 8.08. The van der Waals surface area contributed by atoms with E-state index in [0.717, 1.165) is 15.6 Å². The number of carbonyl (C=O) groups excluding carboxylic acids is 1. The lowest BCUT2D eigenvalue weighted by Crippen LogP contribution is -2.31. The Morgan fingerprint density at radius 1 is 1.26 bits per heavy atom. The summed E-state index contributed by atoms with van der Waals surface area (Å²) in [6, 6.07) is 12.8. The van der Waals surface area contributed by atoms with E-state index in [-0.39, 0.29) is 12.5 Å². The van der Waals surface area contributed by atoms with Crippen molar-refractivity contribution < 1.29 is 9.90 Å². The number of thiazole rings is 1. The van der Waals surface area contributed by atoms with E-state index in [1.807, 2.05) is 66.3 Å². The second-order valence-corrected chi connectivity index (χ2v) is 6.29. The van der Waals surface area contributed by atoms with Gasteiger partial charge in [-0.1, -0.05) is 30.3 Å². The lowest BCUT2D eigenvalue weighted by Gasteiger charge is -2.16. The highest BCUT2D eigenvalue weighted by Gasteiger charge is 2.20. The minimum Gasteiger partial charge on any atom is -0.394 e. The maximum absolute atomic E-state index is 12.5. The second kappa shape index (κ2) is 6.76. The molecule has 0 aliphatic heterocycles. The van der Waals surface area contributed by atoms with Crippen LogP contribution in [-0.4, -0.2) is 27.2 Å². The normalized spacial score (nSPS) is 12.1. The number of aryl methyl sites for hydroxylation is 1. The number of hydrogen-bond donors (Lipinski definition) is 2. The van der Waals surface area contributed by atoms with Crippen molar-refractivity contribution in [3.8, 4) is 5.13 Å². The third kappa shape index (κ3) is 3.33. The molecule has 6 heteroatoms. The van der Waals surface area contributed by atoms with Crippen LogP contribution in [0, 0.1) is 6.92 Å². The molecule has 0 saturated carbocycles. The maximum atomic E-state index is 12.5. The highest BCUT2D eigenvalue weighted by Crippen LogP contribution is 2.22. The van der Waals surface area contributed by atoms with Crippen LogP contribution in [0.3, 0.4) is 0 Å². The van der Waals surface area contributed by atoms with Crippen LogP contribution in [0.4, 0.5) is 0 Å². The van der Waals surface area contributed by atoms with Gasteiger partial charge in [0.1, 0.15) is 5.69 Å². The number of aliphatic hydroxyl groups is 1. The van der Waals surface area contributed by atoms with Crippen molar-refractivity contribution in [1.82, 2.24) is 14.9 Å². The Morgan fingerprint density at radius 3 is 2.61 bits per heavy atom. The molecule has 3 rings (SSSR count). The first-order chi connectivity index (χ1) is 11.2. The van der Waals surface area contributed by atoms with Gasteiger partial charge in [-0.2, -0.15) is 0 Å². The zero-order chi connectivity index (χ0) is 16.2. The Hall–Kier alpha value is -2.44. The summed E-state index contributed by atoms with van der Waals surface area (Å²) in [5, 5.41) is 13.2. The van der Waals surface area contributed by atoms with Gasteiger partial charge in [-0.25, -0.2) is 4.98 Å². The van der Waals surface area contributed by atoms with Crippen molar-refractivity contribution in [3.63, 3.8) is 0 Å². The standard InChI is InChI=1S/C17H17N3O2S/c1-12-15(19-17(23-12)20-9-5-6-10-20)16(22)18-14(11-21)13-7-3-2-4-8-13/h2-10,14,21H,11H2,1H3,(H,18,22)/t14-/m0/s1. The summed E-state index contributed by atoms with van der Waals surface area (Å²) in [7, 11) is 0. The Bertz CT molecular complexity index is 782. The highest BCUT2D eigenvalue weighted by atomic mass is 32.1. The van der Waals surface area contributed by atoms with Gasteiger partial charge < -0.3 is 15.0 Å². The molecular weight excluding hydrogens is 310 g/mol. The van der Waals surface area contributed by atoms with E-state index in [9.17, 15) is 9.90 Å². The van der Waals surface area contributed by atoms with E-state index >= 15 is 0 Å². The first kappa shape index (κ1) is 15.5. The number of rotatable bonds is 5. The molecule has 2 heterocycles. The van der Waals surface area contributed by atoms with Crippen molar-refractivity contribution >= 4 is 17.2 Å². The number of nitrogens with zero attached hydrogens (tertiary/aromatic N) is 2. The molecular formula is C17H17N3O2S. The number of hydrogen-bond acceptors (Lipinski definition) is 4. The summed E-state index contributed by atoms with van der Waals surface area (Å²) in [5.74, 6) is -0.278. The zero-order valence-corrected chi connectivity index (χ0v) is 13.5. The van der Waals surface area contributed by atoms with Gasteiger partial charge >= 0.3 is 0 Å². The second-order valence-electron chi connectivity index (χ2n) is 5.11. The molecule has 3 aromatic rings. The summed E-state index contributed by atoms with van der Waals surface area (Å²) >= 11 is 1.46. The molecule has 1 atom stereocenters. The van der Waals surface area contributed by atoms with Crippen molar-refractivity contribution in [2.24, 2.45) is 0 Å². The van der Waals surface area contributed by atoms with Crippen molar-refractivity contribution in [2.45, 2.75) is 13.0 Å². The number of aliphatic hydroxyl groups excluding tert-OH is 1. The van der Waals surface area contributed by atoms with Crippen LogP contribution in [0.1, 0.15) is 27.0 Å². The van der Waals surface area contributed by atoms with E-state index in [2.05, 4.69) is 10.3 Å². The van der Waals surface area contributed by atoms with Gasteiger partial charge in [0.25, 0.3) is 5.91 Å². The molecule has 2 aromatic heterocycles. The van der Waals surface area contributed by atoms with Crippen LogP contribution in [0.5, 0.6) is 0 Å². The number of carbonyl (C=O) groups is 1. The van der Waals surface area contributed by atoms with Crippen LogP contribution in [0.25, 0.3) is 5.13 Å². The molecule has 23 heavy (non-hydrogen) atoms. The Kier molecular flexibility index (Phi) is 4.55. The topological polar surface area (TPSA) is 67.2 Å². The monoisotopic (exact) mass is 327 g/mol. The Balaban J connectivity index is 1.80. The number of aromatic nitrogens is 2. The van der Waals surface area contributed by atoms with Crippen LogP contribution in [-0.2, 0) is 0 Å². The molecule has 2 N–H and O–H groups in total. The van der Waals surface area contributed by atoms with Gasteiger partial charge in [0, 0.05) is 17.3 Å². The van der Waals surface area contributed by atoms with Crippen molar-refractivity contribution in [2.75, 3.05) is 6.61 Å². The highest BCUT2D eigenvalue weighted by molar-refractivity contribution is 7.14. The van der Waals surface area contributed by atoms with Crippen LogP contribution >= 0.6 is 11.3 Å². The van der Waals surface area contributed by atoms with Crippen LogP contribution < -0.4 is 5.32 Å². The van der Waals surface area contributed by atoms with E-state index in [0.29, 0.717) is 5.69 Å². The fraction of sp³-hybridized carbons (Fsp3) is 0.176. The zero-order valence-electron chi connectivity index (χ0n) is 12.6. The summed E-state index contributed by atoms with van der Waals surface area (Å²) in [4.78, 5) is 17.8. The fourth-order valence-corrected chi connectivity index (χ4v) is 3.18. The van der Waals surface area contributed by atoms with Crippen molar-refractivity contribution in [1.29, 1.82) is 0 Å². The average molecular weight is 327 g/mol. The SMILES string of the molecule is Cc1sc(-n2cccc2)nc1C(=O)N[C@@H](CO)c1ccccc1. The molecule has 1 amide bonds. The molecule has 118 valence electrons. The molecule has 0 fully saturated rings. The lowest BCUT2D eigenvalue weighted by molar-refractivity contribution is 0.0911. The third-order valence-corrected chi connectivity index (χ3v) is 4.50. The summed E-state index contributed by atoms with van der Waals surface area (Å²) in [5.41, 5.74) is 1.26. The maximum Gasteiger partial charge on any atom is 0.271 e. The smallest absolute Gasteiger partial charge is 0.271 e. The van der Waals surface area contributed by atoms with Crippen LogP contribution in [0.15, 0.2) is 54.9 Å². The Morgan fingerprint density at radius 2 is 1.96 bits per heavy atom. The number of amides is 1. The number of nitrogens with one attached hydrogen (secondary N) is 1. The number of benzene rings is 1. The predicted octanol–water partition coefficient (Wildman–Crippen LogP) is 2.71. The molecule has 0 radical (unpaired) electrons. The molecule has 0 aliphatic carbocycles. The van der Waals surface area contributed by atoms with E-state index < -0.39 is 6.04 Å². The summed E-state index contributed by atoms with van der Waals surface area (Å²) < 4.78 is 1.87. The Labute approximate surface area is 138 Å². The van der Waals surface area contributed by atoms with E-state index in [4.69, 9.17) is 0 Å². The van der Waals surface area contributed by atoms with Gasteiger partial charge in [0.15, 0.2) is 5.13 Å². The summed E-state index contributed by atoms with van der Waals surface area (Å²) in [6.45, 7) is 1.71. The van der Waals surface area contributed by atoms with Gasteiger partial charge in [0.05, 0.1) is 12.6 Å². The van der Waals surface area contributed by atoms with Crippen molar-refractivity contribution in [3.05, 3.63) is 71.0 Å². The van der Waals surface area contributed by atoms with Gasteiger partial charge in [-0.3, -0.25) is 4.79 Å². The first-order valence-electron chi connectivity index (χ1n) is 7.26. The molecule has 5 nitrogen and oxygen atoms in total. The third-order valence-electron chi connectivity index (χ3n) is 3.52. The van der Waals surface area contributed by atoms with Gasteiger partial charge in [0.2, 0.25) is 0 Å². The lowest BCUT2D eigenvalue weighted by atomic mass is 10.1. The van der Waals surface area contributed by atoms with E-state index in [1.54, 1.807) is 0 Å². The van der Waals surface area contributed by atoms with E-state index in [1.165, 1.54) is 11.3 Å². The average Bonchev–Trinajstić information content (AvgIpc) is 3.22. The fourth-order valence-electron chi connectivity index (χ4n) is 2.31. The minimum absolute atomic E-state index is 0.163. The van der Waals surface area contributed by atoms with Gasteiger partial charge in [-0.15, -0.1) is 11.3 Å². The molecule has 0 bridgehead atoms. The minimum atomic E-state index is -0.445. The molecule has 0 saturated heterocycles. The van der Waals surface area contributed by atoms with Gasteiger partial charge in [-0.05, 0) is 24.6 Å². The quantitative estimate of drug-likeness (QED) is 0.757. The van der Waals surface area contributed by atoms with Crippen LogP contribution in [0.2, 0.25) is 0 Å². The molecule has 0 unspecified atom stereocenters. The molecule has 1 aromatic carbocycles. The molecule has 0 aliphatic rings.